The van der Waals surface area contributed by atoms with Crippen LogP contribution >= 0.6 is 11.6 Å². The molecule has 2 aromatic rings. The van der Waals surface area contributed by atoms with Gasteiger partial charge in [0.1, 0.15) is 16.3 Å². The highest BCUT2D eigenvalue weighted by molar-refractivity contribution is 7.93. The Labute approximate surface area is 179 Å². The number of alkyl halides is 1. The second-order valence-corrected chi connectivity index (χ2v) is 11.0. The smallest absolute Gasteiger partial charge is 0.244 e. The van der Waals surface area contributed by atoms with Crippen molar-refractivity contribution in [2.45, 2.75) is 33.3 Å². The molecule has 0 bridgehead atoms. The minimum absolute atomic E-state index is 0.00493. The molecule has 0 atom stereocenters. The van der Waals surface area contributed by atoms with Gasteiger partial charge in [-0.3, -0.25) is 0 Å². The van der Waals surface area contributed by atoms with Gasteiger partial charge in [-0.25, -0.2) is 26.2 Å². The quantitative estimate of drug-likeness (QED) is 0.675. The maximum atomic E-state index is 14.4. The SMILES string of the molecule is COc1cc(S(=O)(=O)c2ccccn2)c(S(=O)(=O)N2CCC(F)(CN)CC2)cc1Cl. The van der Waals surface area contributed by atoms with Crippen LogP contribution in [0.25, 0.3) is 0 Å². The van der Waals surface area contributed by atoms with Crippen LogP contribution in [0.1, 0.15) is 12.8 Å². The first-order valence-corrected chi connectivity index (χ1v) is 12.3. The lowest BCUT2D eigenvalue weighted by atomic mass is 9.95. The summed E-state index contributed by atoms with van der Waals surface area (Å²) in [7, 11) is -7.35. The second-order valence-electron chi connectivity index (χ2n) is 6.86. The minimum atomic E-state index is -4.32. The van der Waals surface area contributed by atoms with Gasteiger partial charge in [0.2, 0.25) is 19.9 Å². The number of piperidine rings is 1. The van der Waals surface area contributed by atoms with Gasteiger partial charge in [-0.05, 0) is 31.0 Å². The van der Waals surface area contributed by atoms with Crippen molar-refractivity contribution in [3.63, 3.8) is 0 Å². The first kappa shape index (κ1) is 22.9. The summed E-state index contributed by atoms with van der Waals surface area (Å²) in [6, 6.07) is 6.35. The number of pyridine rings is 1. The summed E-state index contributed by atoms with van der Waals surface area (Å²) in [5, 5.41) is -0.398. The average Bonchev–Trinajstić information content (AvgIpc) is 2.74. The number of nitrogens with two attached hydrogens (primary N) is 1. The number of methoxy groups -OCH3 is 1. The number of hydrogen-bond donors (Lipinski definition) is 1. The molecule has 2 N–H and O–H groups in total. The van der Waals surface area contributed by atoms with Gasteiger partial charge in [-0.2, -0.15) is 4.31 Å². The largest absolute Gasteiger partial charge is 0.495 e. The van der Waals surface area contributed by atoms with Crippen LogP contribution in [0.5, 0.6) is 5.75 Å². The number of halogens is 2. The monoisotopic (exact) mass is 477 g/mol. The number of nitrogens with zero attached hydrogens (tertiary/aromatic N) is 2. The topological polar surface area (TPSA) is 120 Å². The van der Waals surface area contributed by atoms with Crippen LogP contribution in [0.3, 0.4) is 0 Å². The van der Waals surface area contributed by atoms with Crippen LogP contribution in [-0.4, -0.2) is 58.5 Å². The van der Waals surface area contributed by atoms with Crippen molar-refractivity contribution >= 4 is 31.5 Å². The van der Waals surface area contributed by atoms with Gasteiger partial charge in [0.15, 0.2) is 5.03 Å². The predicted octanol–water partition coefficient (Wildman–Crippen LogP) is 2.03. The molecule has 1 saturated heterocycles. The maximum absolute atomic E-state index is 14.4. The van der Waals surface area contributed by atoms with Crippen molar-refractivity contribution in [3.8, 4) is 5.75 Å². The fraction of sp³-hybridized carbons (Fsp3) is 0.389. The summed E-state index contributed by atoms with van der Waals surface area (Å²) in [5.41, 5.74) is 3.79. The molecule has 1 aromatic heterocycles. The molecule has 2 heterocycles. The third-order valence-corrected chi connectivity index (χ3v) is 9.09. The third kappa shape index (κ3) is 4.17. The van der Waals surface area contributed by atoms with E-state index in [0.29, 0.717) is 0 Å². The van der Waals surface area contributed by atoms with Crippen LogP contribution in [0.2, 0.25) is 5.02 Å². The minimum Gasteiger partial charge on any atom is -0.495 e. The molecule has 0 saturated carbocycles. The maximum Gasteiger partial charge on any atom is 0.244 e. The summed E-state index contributed by atoms with van der Waals surface area (Å²) < 4.78 is 73.6. The van der Waals surface area contributed by atoms with E-state index in [4.69, 9.17) is 22.1 Å². The molecule has 12 heteroatoms. The van der Waals surface area contributed by atoms with E-state index < -0.39 is 35.3 Å². The van der Waals surface area contributed by atoms with Crippen LogP contribution in [-0.2, 0) is 19.9 Å². The Morgan fingerprint density at radius 3 is 2.40 bits per heavy atom. The summed E-state index contributed by atoms with van der Waals surface area (Å²) >= 11 is 6.12. The summed E-state index contributed by atoms with van der Waals surface area (Å²) in [6.07, 6.45) is 1.11. The number of hydrogen-bond acceptors (Lipinski definition) is 7. The van der Waals surface area contributed by atoms with Crippen LogP contribution in [0.4, 0.5) is 4.39 Å². The molecule has 1 fully saturated rings. The fourth-order valence-electron chi connectivity index (χ4n) is 3.17. The highest BCUT2D eigenvalue weighted by atomic mass is 35.5. The molecule has 0 spiro atoms. The normalized spacial score (nSPS) is 17.6. The van der Waals surface area contributed by atoms with E-state index in [1.807, 2.05) is 0 Å². The van der Waals surface area contributed by atoms with Gasteiger partial charge >= 0.3 is 0 Å². The standard InChI is InChI=1S/C18H21ClFN3O5S2/c1-28-14-11-15(29(24,25)17-4-2-3-7-22-17)16(10-13(14)19)30(26,27)23-8-5-18(20,12-21)6-9-23/h2-4,7,10-11H,5-6,8-9,12,21H2,1H3. The summed E-state index contributed by atoms with van der Waals surface area (Å²) in [5.74, 6) is -0.00493. The van der Waals surface area contributed by atoms with Crippen molar-refractivity contribution in [1.29, 1.82) is 0 Å². The Bertz CT molecular complexity index is 1140. The van der Waals surface area contributed by atoms with Crippen molar-refractivity contribution < 1.29 is 26.0 Å². The van der Waals surface area contributed by atoms with Gasteiger partial charge in [-0.15, -0.1) is 0 Å². The molecule has 8 nitrogen and oxygen atoms in total. The second kappa shape index (κ2) is 8.39. The van der Waals surface area contributed by atoms with Gasteiger partial charge < -0.3 is 10.5 Å². The lowest BCUT2D eigenvalue weighted by Crippen LogP contribution is -2.47. The first-order chi connectivity index (χ1) is 14.0. The zero-order valence-electron chi connectivity index (χ0n) is 16.1. The number of benzene rings is 1. The van der Waals surface area contributed by atoms with Crippen molar-refractivity contribution in [2.75, 3.05) is 26.7 Å². The molecule has 1 aliphatic rings. The van der Waals surface area contributed by atoms with Crippen LogP contribution in [0.15, 0.2) is 51.3 Å². The van der Waals surface area contributed by atoms with Crippen molar-refractivity contribution in [1.82, 2.24) is 9.29 Å². The molecule has 30 heavy (non-hydrogen) atoms. The Hall–Kier alpha value is -1.79. The predicted molar refractivity (Wildman–Crippen MR) is 109 cm³/mol. The zero-order valence-corrected chi connectivity index (χ0v) is 18.5. The molecule has 0 radical (unpaired) electrons. The van der Waals surface area contributed by atoms with E-state index in [-0.39, 0.29) is 48.3 Å². The molecular formula is C18H21ClFN3O5S2. The van der Waals surface area contributed by atoms with Gasteiger partial charge in [0.25, 0.3) is 0 Å². The lowest BCUT2D eigenvalue weighted by molar-refractivity contribution is 0.0972. The number of rotatable bonds is 6. The Morgan fingerprint density at radius 1 is 1.20 bits per heavy atom. The van der Waals surface area contributed by atoms with E-state index >= 15 is 0 Å². The van der Waals surface area contributed by atoms with E-state index in [1.54, 1.807) is 0 Å². The van der Waals surface area contributed by atoms with Gasteiger partial charge in [-0.1, -0.05) is 17.7 Å². The number of sulfonamides is 1. The van der Waals surface area contributed by atoms with E-state index in [1.165, 1.54) is 31.5 Å². The van der Waals surface area contributed by atoms with E-state index in [9.17, 15) is 21.2 Å². The third-order valence-electron chi connectivity index (χ3n) is 5.02. The Morgan fingerprint density at radius 2 is 1.87 bits per heavy atom. The van der Waals surface area contributed by atoms with E-state index in [2.05, 4.69) is 4.98 Å². The molecule has 0 amide bonds. The Balaban J connectivity index is 2.14. The molecule has 0 unspecified atom stereocenters. The van der Waals surface area contributed by atoms with Crippen LogP contribution in [0, 0.1) is 0 Å². The first-order valence-electron chi connectivity index (χ1n) is 8.98. The molecule has 164 valence electrons. The molecule has 0 aliphatic carbocycles. The van der Waals surface area contributed by atoms with Gasteiger partial charge in [0.05, 0.1) is 17.0 Å². The summed E-state index contributed by atoms with van der Waals surface area (Å²) in [4.78, 5) is 2.81. The average molecular weight is 478 g/mol. The van der Waals surface area contributed by atoms with Crippen LogP contribution < -0.4 is 10.5 Å². The molecule has 1 aromatic carbocycles. The van der Waals surface area contributed by atoms with Crippen molar-refractivity contribution in [2.24, 2.45) is 5.73 Å². The van der Waals surface area contributed by atoms with Gasteiger partial charge in [0, 0.05) is 31.9 Å². The lowest BCUT2D eigenvalue weighted by Gasteiger charge is -2.35. The molecule has 1 aliphatic heterocycles. The molecular weight excluding hydrogens is 457 g/mol. The fourth-order valence-corrected chi connectivity index (χ4v) is 6.91. The Kier molecular flexibility index (Phi) is 6.40. The van der Waals surface area contributed by atoms with E-state index in [0.717, 1.165) is 16.4 Å². The highest BCUT2D eigenvalue weighted by Crippen LogP contribution is 2.38. The number of aromatic nitrogens is 1. The van der Waals surface area contributed by atoms with Crippen molar-refractivity contribution in [3.05, 3.63) is 41.6 Å². The highest BCUT2D eigenvalue weighted by Gasteiger charge is 2.40. The summed E-state index contributed by atoms with van der Waals surface area (Å²) in [6.45, 7) is -0.486. The number of sulfone groups is 1. The number of ether oxygens (including phenoxy) is 1. The molecule has 3 rings (SSSR count). The zero-order chi connectivity index (χ0) is 22.2.